The molecule has 1 aliphatic rings. The Kier molecular flexibility index (Phi) is 5.16. The van der Waals surface area contributed by atoms with Gasteiger partial charge in [0.1, 0.15) is 0 Å². The number of hydrogen-bond acceptors (Lipinski definition) is 2. The predicted molar refractivity (Wildman–Crippen MR) is 74.8 cm³/mol. The largest absolute Gasteiger partial charge is 0.478 e. The lowest BCUT2D eigenvalue weighted by atomic mass is 9.98. The third-order valence-electron chi connectivity index (χ3n) is 3.44. The van der Waals surface area contributed by atoms with E-state index in [4.69, 9.17) is 9.84 Å². The second-order valence-electron chi connectivity index (χ2n) is 4.98. The van der Waals surface area contributed by atoms with E-state index in [9.17, 15) is 4.79 Å². The van der Waals surface area contributed by atoms with Gasteiger partial charge in [-0.3, -0.25) is 0 Å². The topological polar surface area (TPSA) is 46.5 Å². The predicted octanol–water partition coefficient (Wildman–Crippen LogP) is 3.63. The maximum absolute atomic E-state index is 10.4. The normalized spacial score (nSPS) is 16.8. The van der Waals surface area contributed by atoms with Crippen molar-refractivity contribution in [3.63, 3.8) is 0 Å². The molecular weight excluding hydrogens is 240 g/mol. The van der Waals surface area contributed by atoms with Crippen LogP contribution in [0.5, 0.6) is 0 Å². The first-order chi connectivity index (χ1) is 9.24. The average Bonchev–Trinajstić information content (AvgIpc) is 2.45. The maximum atomic E-state index is 10.4. The summed E-state index contributed by atoms with van der Waals surface area (Å²) in [6.07, 6.45) is 9.42. The molecule has 1 aliphatic carbocycles. The van der Waals surface area contributed by atoms with Gasteiger partial charge in [0.05, 0.1) is 12.7 Å². The molecule has 3 heteroatoms. The summed E-state index contributed by atoms with van der Waals surface area (Å²) in [5.41, 5.74) is 2.03. The minimum absolute atomic E-state index is 0.417. The molecule has 2 rings (SSSR count). The van der Waals surface area contributed by atoms with Crippen LogP contribution in [0.1, 0.15) is 43.2 Å². The van der Waals surface area contributed by atoms with Crippen molar-refractivity contribution in [1.82, 2.24) is 0 Å². The minimum Gasteiger partial charge on any atom is -0.478 e. The van der Waals surface area contributed by atoms with Crippen LogP contribution in [0.2, 0.25) is 0 Å². The highest BCUT2D eigenvalue weighted by molar-refractivity contribution is 5.85. The highest BCUT2D eigenvalue weighted by atomic mass is 16.5. The molecule has 3 nitrogen and oxygen atoms in total. The Morgan fingerprint density at radius 2 is 1.89 bits per heavy atom. The molecule has 1 aromatic carbocycles. The molecule has 1 aromatic rings. The summed E-state index contributed by atoms with van der Waals surface area (Å²) in [6.45, 7) is 0.646. The second kappa shape index (κ2) is 7.10. The number of carboxylic acid groups (broad SMARTS) is 1. The molecule has 0 aliphatic heterocycles. The first kappa shape index (κ1) is 13.8. The average molecular weight is 260 g/mol. The van der Waals surface area contributed by atoms with Gasteiger partial charge < -0.3 is 9.84 Å². The van der Waals surface area contributed by atoms with Crippen molar-refractivity contribution in [2.45, 2.75) is 44.8 Å². The highest BCUT2D eigenvalue weighted by Crippen LogP contribution is 2.21. The summed E-state index contributed by atoms with van der Waals surface area (Å²) >= 11 is 0. The van der Waals surface area contributed by atoms with Crippen molar-refractivity contribution in [2.24, 2.45) is 0 Å². The molecule has 1 fully saturated rings. The quantitative estimate of drug-likeness (QED) is 0.822. The van der Waals surface area contributed by atoms with Crippen molar-refractivity contribution in [2.75, 3.05) is 0 Å². The van der Waals surface area contributed by atoms with Crippen molar-refractivity contribution < 1.29 is 14.6 Å². The van der Waals surface area contributed by atoms with Gasteiger partial charge in [-0.1, -0.05) is 43.5 Å². The van der Waals surface area contributed by atoms with E-state index < -0.39 is 5.97 Å². The molecular formula is C16H20O3. The summed E-state index contributed by atoms with van der Waals surface area (Å²) < 4.78 is 5.89. The Morgan fingerprint density at radius 3 is 2.53 bits per heavy atom. The van der Waals surface area contributed by atoms with Gasteiger partial charge in [0, 0.05) is 6.08 Å². The first-order valence-electron chi connectivity index (χ1n) is 6.85. The van der Waals surface area contributed by atoms with Crippen LogP contribution in [0, 0.1) is 0 Å². The van der Waals surface area contributed by atoms with Crippen LogP contribution >= 0.6 is 0 Å². The molecule has 1 N–H and O–H groups in total. The van der Waals surface area contributed by atoms with Gasteiger partial charge in [-0.25, -0.2) is 4.79 Å². The van der Waals surface area contributed by atoms with Crippen LogP contribution in [0.3, 0.4) is 0 Å². The lowest BCUT2D eigenvalue weighted by molar-refractivity contribution is -0.131. The Morgan fingerprint density at radius 1 is 1.21 bits per heavy atom. The van der Waals surface area contributed by atoms with Crippen molar-refractivity contribution in [3.8, 4) is 0 Å². The number of rotatable bonds is 5. The van der Waals surface area contributed by atoms with Gasteiger partial charge in [0.25, 0.3) is 0 Å². The first-order valence-corrected chi connectivity index (χ1v) is 6.85. The smallest absolute Gasteiger partial charge is 0.328 e. The zero-order valence-electron chi connectivity index (χ0n) is 11.0. The van der Waals surface area contributed by atoms with E-state index in [1.807, 2.05) is 24.3 Å². The fourth-order valence-electron chi connectivity index (χ4n) is 2.34. The molecule has 1 saturated carbocycles. The summed E-state index contributed by atoms with van der Waals surface area (Å²) in [4.78, 5) is 10.4. The van der Waals surface area contributed by atoms with Gasteiger partial charge in [-0.05, 0) is 30.0 Å². The summed E-state index contributed by atoms with van der Waals surface area (Å²) in [5, 5.41) is 8.55. The van der Waals surface area contributed by atoms with Crippen LogP contribution in [-0.4, -0.2) is 17.2 Å². The van der Waals surface area contributed by atoms with Crippen molar-refractivity contribution in [3.05, 3.63) is 41.5 Å². The lowest BCUT2D eigenvalue weighted by Crippen LogP contribution is -2.16. The van der Waals surface area contributed by atoms with Crippen LogP contribution in [0.25, 0.3) is 6.08 Å². The number of carbonyl (C=O) groups is 1. The van der Waals surface area contributed by atoms with E-state index in [2.05, 4.69) is 0 Å². The minimum atomic E-state index is -0.926. The summed E-state index contributed by atoms with van der Waals surface area (Å²) in [6, 6.07) is 7.81. The number of carboxylic acids is 1. The molecule has 0 radical (unpaired) electrons. The number of hydrogen-bond donors (Lipinski definition) is 1. The molecule has 0 heterocycles. The molecule has 0 atom stereocenters. The number of benzene rings is 1. The SMILES string of the molecule is O=C(O)C=Cc1ccc(COC2CCCCC2)cc1. The molecule has 19 heavy (non-hydrogen) atoms. The van der Waals surface area contributed by atoms with Crippen LogP contribution in [0.15, 0.2) is 30.3 Å². The van der Waals surface area contributed by atoms with Gasteiger partial charge in [-0.2, -0.15) is 0 Å². The fraction of sp³-hybridized carbons (Fsp3) is 0.438. The maximum Gasteiger partial charge on any atom is 0.328 e. The standard InChI is InChI=1S/C16H20O3/c17-16(18)11-10-13-6-8-14(9-7-13)12-19-15-4-2-1-3-5-15/h6-11,15H,1-5,12H2,(H,17,18). The zero-order chi connectivity index (χ0) is 13.5. The Labute approximate surface area is 113 Å². The lowest BCUT2D eigenvalue weighted by Gasteiger charge is -2.22. The van der Waals surface area contributed by atoms with Gasteiger partial charge in [0.2, 0.25) is 0 Å². The second-order valence-corrected chi connectivity index (χ2v) is 4.98. The van der Waals surface area contributed by atoms with E-state index in [1.54, 1.807) is 6.08 Å². The van der Waals surface area contributed by atoms with Crippen LogP contribution in [0.4, 0.5) is 0 Å². The number of aliphatic carboxylic acids is 1. The summed E-state index contributed by atoms with van der Waals surface area (Å²) in [5.74, 6) is -0.926. The van der Waals surface area contributed by atoms with E-state index in [0.29, 0.717) is 12.7 Å². The van der Waals surface area contributed by atoms with E-state index in [-0.39, 0.29) is 0 Å². The van der Waals surface area contributed by atoms with Crippen molar-refractivity contribution in [1.29, 1.82) is 0 Å². The molecule has 0 amide bonds. The van der Waals surface area contributed by atoms with E-state index in [0.717, 1.165) is 17.2 Å². The van der Waals surface area contributed by atoms with Gasteiger partial charge >= 0.3 is 5.97 Å². The fourth-order valence-corrected chi connectivity index (χ4v) is 2.34. The third kappa shape index (κ3) is 4.87. The van der Waals surface area contributed by atoms with Gasteiger partial charge in [0.15, 0.2) is 0 Å². The molecule has 0 aromatic heterocycles. The number of ether oxygens (including phenoxy) is 1. The van der Waals surface area contributed by atoms with E-state index >= 15 is 0 Å². The third-order valence-corrected chi connectivity index (χ3v) is 3.44. The monoisotopic (exact) mass is 260 g/mol. The summed E-state index contributed by atoms with van der Waals surface area (Å²) in [7, 11) is 0. The van der Waals surface area contributed by atoms with Gasteiger partial charge in [-0.15, -0.1) is 0 Å². The van der Waals surface area contributed by atoms with E-state index in [1.165, 1.54) is 32.1 Å². The molecule has 0 unspecified atom stereocenters. The molecule has 102 valence electrons. The Hall–Kier alpha value is -1.61. The molecule has 0 bridgehead atoms. The van der Waals surface area contributed by atoms with Crippen LogP contribution in [-0.2, 0) is 16.1 Å². The molecule has 0 saturated heterocycles. The Bertz CT molecular complexity index is 428. The zero-order valence-corrected chi connectivity index (χ0v) is 11.0. The Balaban J connectivity index is 1.82. The van der Waals surface area contributed by atoms with Crippen molar-refractivity contribution >= 4 is 12.0 Å². The highest BCUT2D eigenvalue weighted by Gasteiger charge is 2.13. The molecule has 0 spiro atoms. The van der Waals surface area contributed by atoms with Crippen LogP contribution < -0.4 is 0 Å².